The molecular weight excluding hydrogens is 256 g/mol. The van der Waals surface area contributed by atoms with E-state index >= 15 is 0 Å². The lowest BCUT2D eigenvalue weighted by Crippen LogP contribution is -2.25. The Morgan fingerprint density at radius 2 is 1.89 bits per heavy atom. The zero-order chi connectivity index (χ0) is 13.1. The van der Waals surface area contributed by atoms with Crippen molar-refractivity contribution in [3.05, 3.63) is 51.8 Å². The molecule has 2 rings (SSSR count). The predicted octanol–water partition coefficient (Wildman–Crippen LogP) is 1.65. The van der Waals surface area contributed by atoms with E-state index in [9.17, 15) is 9.59 Å². The molecule has 0 atom stereocenters. The van der Waals surface area contributed by atoms with Crippen LogP contribution in [0.5, 0.6) is 0 Å². The summed E-state index contributed by atoms with van der Waals surface area (Å²) in [5, 5.41) is 13.3. The van der Waals surface area contributed by atoms with Gasteiger partial charge in [-0.15, -0.1) is 0 Å². The quantitative estimate of drug-likeness (QED) is 0.915. The maximum atomic E-state index is 11.4. The van der Waals surface area contributed by atoms with E-state index in [1.54, 1.807) is 30.3 Å². The standard InChI is InChI=1S/C12H9ClN2O3/c13-9-3-1-8(2-4-9)10-5-6-11(16)15(14-10)7-12(17)18/h1-6H,7H2,(H,17,18). The number of carbonyl (C=O) groups is 1. The molecule has 0 radical (unpaired) electrons. The monoisotopic (exact) mass is 264 g/mol. The minimum Gasteiger partial charge on any atom is -0.480 e. The second-order valence-corrected chi connectivity index (χ2v) is 4.05. The Morgan fingerprint density at radius 3 is 2.50 bits per heavy atom. The fourth-order valence-corrected chi connectivity index (χ4v) is 1.59. The summed E-state index contributed by atoms with van der Waals surface area (Å²) in [5.41, 5.74) is 0.834. The topological polar surface area (TPSA) is 72.2 Å². The van der Waals surface area contributed by atoms with E-state index in [0.29, 0.717) is 10.7 Å². The lowest BCUT2D eigenvalue weighted by Gasteiger charge is -2.04. The Balaban J connectivity index is 2.43. The molecule has 5 nitrogen and oxygen atoms in total. The third-order valence-electron chi connectivity index (χ3n) is 2.29. The number of carboxylic acid groups (broad SMARTS) is 1. The highest BCUT2D eigenvalue weighted by atomic mass is 35.5. The average molecular weight is 265 g/mol. The molecule has 0 unspecified atom stereocenters. The minimum absolute atomic E-state index is 0.449. The first-order valence-electron chi connectivity index (χ1n) is 5.12. The van der Waals surface area contributed by atoms with Gasteiger partial charge in [-0.2, -0.15) is 5.10 Å². The molecule has 0 aliphatic carbocycles. The largest absolute Gasteiger partial charge is 0.480 e. The van der Waals surface area contributed by atoms with Crippen molar-refractivity contribution in [3.63, 3.8) is 0 Å². The predicted molar refractivity (Wildman–Crippen MR) is 66.6 cm³/mol. The Morgan fingerprint density at radius 1 is 1.22 bits per heavy atom. The molecular formula is C12H9ClN2O3. The highest BCUT2D eigenvalue weighted by Gasteiger charge is 2.06. The third kappa shape index (κ3) is 2.75. The number of rotatable bonds is 3. The van der Waals surface area contributed by atoms with Crippen molar-refractivity contribution in [2.45, 2.75) is 6.54 Å². The first kappa shape index (κ1) is 12.3. The van der Waals surface area contributed by atoms with Crippen LogP contribution in [0.2, 0.25) is 5.02 Å². The summed E-state index contributed by atoms with van der Waals surface area (Å²) >= 11 is 5.77. The van der Waals surface area contributed by atoms with Gasteiger partial charge in [0, 0.05) is 16.7 Å². The second-order valence-electron chi connectivity index (χ2n) is 3.62. The maximum absolute atomic E-state index is 11.4. The molecule has 1 N–H and O–H groups in total. The third-order valence-corrected chi connectivity index (χ3v) is 2.54. The van der Waals surface area contributed by atoms with E-state index in [-0.39, 0.29) is 0 Å². The molecule has 0 aliphatic rings. The molecule has 18 heavy (non-hydrogen) atoms. The summed E-state index contributed by atoms with van der Waals surface area (Å²) in [6.45, 7) is -0.458. The van der Waals surface area contributed by atoms with Crippen LogP contribution >= 0.6 is 11.6 Å². The fourth-order valence-electron chi connectivity index (χ4n) is 1.46. The highest BCUT2D eigenvalue weighted by molar-refractivity contribution is 6.30. The number of benzene rings is 1. The van der Waals surface area contributed by atoms with Crippen LogP contribution in [0.1, 0.15) is 0 Å². The number of halogens is 1. The van der Waals surface area contributed by atoms with Crippen LogP contribution in [0.15, 0.2) is 41.2 Å². The van der Waals surface area contributed by atoms with Gasteiger partial charge >= 0.3 is 5.97 Å². The van der Waals surface area contributed by atoms with Gasteiger partial charge in [0.25, 0.3) is 5.56 Å². The number of carboxylic acids is 1. The number of nitrogens with zero attached hydrogens (tertiary/aromatic N) is 2. The molecule has 1 aromatic heterocycles. The molecule has 0 amide bonds. The first-order valence-corrected chi connectivity index (χ1v) is 5.50. The summed E-state index contributed by atoms with van der Waals surface area (Å²) < 4.78 is 0.909. The van der Waals surface area contributed by atoms with Gasteiger partial charge in [-0.25, -0.2) is 4.68 Å². The van der Waals surface area contributed by atoms with Gasteiger partial charge in [0.05, 0.1) is 5.69 Å². The van der Waals surface area contributed by atoms with Crippen LogP contribution in [0.3, 0.4) is 0 Å². The molecule has 0 spiro atoms. The molecule has 1 heterocycles. The number of aromatic nitrogens is 2. The molecule has 0 fully saturated rings. The Kier molecular flexibility index (Phi) is 3.43. The van der Waals surface area contributed by atoms with E-state index in [1.165, 1.54) is 6.07 Å². The van der Waals surface area contributed by atoms with Crippen molar-refractivity contribution in [3.8, 4) is 11.3 Å². The van der Waals surface area contributed by atoms with Gasteiger partial charge in [-0.3, -0.25) is 9.59 Å². The Bertz CT molecular complexity index is 635. The van der Waals surface area contributed by atoms with Crippen molar-refractivity contribution in [1.82, 2.24) is 9.78 Å². The molecule has 92 valence electrons. The molecule has 2 aromatic rings. The average Bonchev–Trinajstić information content (AvgIpc) is 2.32. The van der Waals surface area contributed by atoms with Gasteiger partial charge < -0.3 is 5.11 Å². The molecule has 0 saturated carbocycles. The van der Waals surface area contributed by atoms with Crippen molar-refractivity contribution >= 4 is 17.6 Å². The van der Waals surface area contributed by atoms with Gasteiger partial charge in [0.2, 0.25) is 0 Å². The van der Waals surface area contributed by atoms with Crippen LogP contribution in [-0.2, 0) is 11.3 Å². The van der Waals surface area contributed by atoms with Crippen LogP contribution in [0.4, 0.5) is 0 Å². The van der Waals surface area contributed by atoms with Crippen molar-refractivity contribution in [2.75, 3.05) is 0 Å². The summed E-state index contributed by atoms with van der Waals surface area (Å²) in [7, 11) is 0. The molecule has 1 aromatic carbocycles. The smallest absolute Gasteiger partial charge is 0.325 e. The van der Waals surface area contributed by atoms with Crippen LogP contribution in [-0.4, -0.2) is 20.9 Å². The normalized spacial score (nSPS) is 10.3. The lowest BCUT2D eigenvalue weighted by molar-refractivity contribution is -0.138. The van der Waals surface area contributed by atoms with Crippen molar-refractivity contribution in [2.24, 2.45) is 0 Å². The Labute approximate surface area is 107 Å². The van der Waals surface area contributed by atoms with Crippen molar-refractivity contribution in [1.29, 1.82) is 0 Å². The fraction of sp³-hybridized carbons (Fsp3) is 0.0833. The second kappa shape index (κ2) is 5.01. The van der Waals surface area contributed by atoms with E-state index in [1.807, 2.05) is 0 Å². The SMILES string of the molecule is O=C(O)Cn1nc(-c2ccc(Cl)cc2)ccc1=O. The van der Waals surface area contributed by atoms with Crippen LogP contribution < -0.4 is 5.56 Å². The first-order chi connectivity index (χ1) is 8.56. The van der Waals surface area contributed by atoms with Gasteiger partial charge in [-0.1, -0.05) is 23.7 Å². The zero-order valence-corrected chi connectivity index (χ0v) is 9.96. The summed E-state index contributed by atoms with van der Waals surface area (Å²) in [4.78, 5) is 22.0. The van der Waals surface area contributed by atoms with E-state index in [2.05, 4.69) is 5.10 Å². The number of hydrogen-bond acceptors (Lipinski definition) is 3. The van der Waals surface area contributed by atoms with Gasteiger partial charge in [-0.05, 0) is 18.2 Å². The zero-order valence-electron chi connectivity index (χ0n) is 9.21. The number of hydrogen-bond donors (Lipinski definition) is 1. The van der Waals surface area contributed by atoms with Crippen molar-refractivity contribution < 1.29 is 9.90 Å². The van der Waals surface area contributed by atoms with Gasteiger partial charge in [0.15, 0.2) is 0 Å². The Hall–Kier alpha value is -2.14. The number of aliphatic carboxylic acids is 1. The highest BCUT2D eigenvalue weighted by Crippen LogP contribution is 2.18. The van der Waals surface area contributed by atoms with Crippen LogP contribution in [0, 0.1) is 0 Å². The molecule has 0 aliphatic heterocycles. The summed E-state index contributed by atoms with van der Waals surface area (Å²) in [5.74, 6) is -1.11. The minimum atomic E-state index is -1.11. The van der Waals surface area contributed by atoms with Gasteiger partial charge in [0.1, 0.15) is 6.54 Å². The van der Waals surface area contributed by atoms with Crippen LogP contribution in [0.25, 0.3) is 11.3 Å². The van der Waals surface area contributed by atoms with E-state index < -0.39 is 18.1 Å². The van der Waals surface area contributed by atoms with E-state index in [0.717, 1.165) is 10.2 Å². The molecule has 6 heteroatoms. The van der Waals surface area contributed by atoms with E-state index in [4.69, 9.17) is 16.7 Å². The molecule has 0 saturated heterocycles. The summed E-state index contributed by atoms with van der Waals surface area (Å²) in [6, 6.07) is 9.74. The maximum Gasteiger partial charge on any atom is 0.325 e. The molecule has 0 bridgehead atoms. The summed E-state index contributed by atoms with van der Waals surface area (Å²) in [6.07, 6.45) is 0. The lowest BCUT2D eigenvalue weighted by atomic mass is 10.1.